The molecule has 1 aromatic heterocycles. The summed E-state index contributed by atoms with van der Waals surface area (Å²) in [6.45, 7) is 1.70. The van der Waals surface area contributed by atoms with Gasteiger partial charge in [0, 0.05) is 5.02 Å². The van der Waals surface area contributed by atoms with E-state index in [4.69, 9.17) is 11.6 Å². The summed E-state index contributed by atoms with van der Waals surface area (Å²) in [5.41, 5.74) is -0.150. The van der Waals surface area contributed by atoms with Crippen molar-refractivity contribution in [3.8, 4) is 0 Å². The molecule has 0 bridgehead atoms. The Balaban J connectivity index is 2.08. The monoisotopic (exact) mass is 365 g/mol. The molecule has 1 heterocycles. The summed E-state index contributed by atoms with van der Waals surface area (Å²) in [4.78, 5) is 27.3. The molecule has 0 amide bonds. The number of rotatable bonds is 3. The number of aromatic amines is 2. The Hall–Kier alpha value is -2.58. The van der Waals surface area contributed by atoms with E-state index in [0.717, 1.165) is 0 Å². The molecule has 124 valence electrons. The number of H-pyrrole nitrogens is 2. The Morgan fingerprint density at radius 1 is 1.00 bits per heavy atom. The van der Waals surface area contributed by atoms with Crippen LogP contribution in [0, 0.1) is 6.92 Å². The molecule has 7 nitrogen and oxygen atoms in total. The molecule has 3 rings (SSSR count). The zero-order valence-corrected chi connectivity index (χ0v) is 14.0. The fourth-order valence-electron chi connectivity index (χ4n) is 2.18. The Labute approximate surface area is 141 Å². The van der Waals surface area contributed by atoms with E-state index in [-0.39, 0.29) is 10.4 Å². The predicted molar refractivity (Wildman–Crippen MR) is 92.2 cm³/mol. The lowest BCUT2D eigenvalue weighted by Crippen LogP contribution is -2.29. The van der Waals surface area contributed by atoms with Gasteiger partial charge < -0.3 is 9.97 Å². The van der Waals surface area contributed by atoms with Crippen molar-refractivity contribution in [2.24, 2.45) is 0 Å². The fourth-order valence-corrected chi connectivity index (χ4v) is 3.51. The third-order valence-electron chi connectivity index (χ3n) is 3.52. The van der Waals surface area contributed by atoms with Crippen molar-refractivity contribution < 1.29 is 8.42 Å². The second-order valence-electron chi connectivity index (χ2n) is 5.13. The summed E-state index contributed by atoms with van der Waals surface area (Å²) >= 11 is 5.99. The Bertz CT molecular complexity index is 1170. The molecule has 0 spiro atoms. The van der Waals surface area contributed by atoms with Crippen molar-refractivity contribution in [3.05, 3.63) is 67.7 Å². The van der Waals surface area contributed by atoms with Crippen LogP contribution in [0.5, 0.6) is 0 Å². The number of aromatic nitrogens is 2. The molecule has 0 radical (unpaired) electrons. The molecular formula is C15H12ClN3O4S. The summed E-state index contributed by atoms with van der Waals surface area (Å²) in [7, 11) is -3.89. The largest absolute Gasteiger partial charge is 0.316 e. The Morgan fingerprint density at radius 2 is 1.67 bits per heavy atom. The summed E-state index contributed by atoms with van der Waals surface area (Å²) in [5.74, 6) is 0. The topological polar surface area (TPSA) is 112 Å². The summed E-state index contributed by atoms with van der Waals surface area (Å²) in [6, 6.07) is 8.90. The van der Waals surface area contributed by atoms with Crippen molar-refractivity contribution in [3.63, 3.8) is 0 Å². The maximum atomic E-state index is 12.5. The van der Waals surface area contributed by atoms with E-state index < -0.39 is 21.1 Å². The maximum absolute atomic E-state index is 12.5. The molecule has 0 saturated heterocycles. The third-order valence-corrected chi connectivity index (χ3v) is 5.29. The zero-order chi connectivity index (χ0) is 17.5. The van der Waals surface area contributed by atoms with Crippen LogP contribution >= 0.6 is 11.6 Å². The number of fused-ring (bicyclic) bond motifs is 1. The smallest absolute Gasteiger partial charge is 0.314 e. The highest BCUT2D eigenvalue weighted by molar-refractivity contribution is 7.92. The summed E-state index contributed by atoms with van der Waals surface area (Å²) in [5, 5.41) is 0.440. The molecule has 0 aliphatic rings. The summed E-state index contributed by atoms with van der Waals surface area (Å²) < 4.78 is 27.5. The molecule has 0 saturated carbocycles. The van der Waals surface area contributed by atoms with E-state index in [2.05, 4.69) is 14.7 Å². The van der Waals surface area contributed by atoms with Gasteiger partial charge in [-0.1, -0.05) is 17.7 Å². The number of hydrogen-bond donors (Lipinski definition) is 3. The Kier molecular flexibility index (Phi) is 3.94. The van der Waals surface area contributed by atoms with Crippen LogP contribution in [-0.4, -0.2) is 18.4 Å². The molecule has 9 heteroatoms. The minimum absolute atomic E-state index is 0.0583. The van der Waals surface area contributed by atoms with E-state index in [1.807, 2.05) is 0 Å². The number of nitrogens with one attached hydrogen (secondary N) is 3. The minimum Gasteiger partial charge on any atom is -0.316 e. The first-order valence-electron chi connectivity index (χ1n) is 6.82. The number of hydrogen-bond acceptors (Lipinski definition) is 4. The second-order valence-corrected chi connectivity index (χ2v) is 7.22. The molecule has 2 aromatic carbocycles. The lowest BCUT2D eigenvalue weighted by atomic mass is 10.2. The van der Waals surface area contributed by atoms with Crippen molar-refractivity contribution in [1.82, 2.24) is 9.97 Å². The van der Waals surface area contributed by atoms with Crippen molar-refractivity contribution in [2.45, 2.75) is 11.8 Å². The van der Waals surface area contributed by atoms with Crippen LogP contribution in [0.25, 0.3) is 11.0 Å². The number of halogens is 1. The molecule has 0 aliphatic carbocycles. The fraction of sp³-hybridized carbons (Fsp3) is 0.0667. The van der Waals surface area contributed by atoms with Crippen molar-refractivity contribution in [2.75, 3.05) is 4.72 Å². The highest BCUT2D eigenvalue weighted by Gasteiger charge is 2.17. The number of benzene rings is 2. The Morgan fingerprint density at radius 3 is 2.38 bits per heavy atom. The molecule has 0 aliphatic heterocycles. The molecule has 0 unspecified atom stereocenters. The van der Waals surface area contributed by atoms with Gasteiger partial charge in [-0.15, -0.1) is 0 Å². The van der Waals surface area contributed by atoms with E-state index in [9.17, 15) is 18.0 Å². The lowest BCUT2D eigenvalue weighted by Gasteiger charge is -2.11. The zero-order valence-electron chi connectivity index (χ0n) is 12.4. The second kappa shape index (κ2) is 5.81. The average molecular weight is 366 g/mol. The van der Waals surface area contributed by atoms with Crippen LogP contribution in [0.3, 0.4) is 0 Å². The molecule has 0 atom stereocenters. The number of sulfonamides is 1. The standard InChI is InChI=1S/C15H12ClN3O4S/c1-8-10(16)3-2-4-11(8)19-24(22,23)9-5-6-12-13(7-9)18-15(21)14(20)17-12/h2-7,19H,1H3,(H,17,20)(H,18,21). The van der Waals surface area contributed by atoms with Crippen molar-refractivity contribution >= 4 is 38.3 Å². The quantitative estimate of drug-likeness (QED) is 0.616. The van der Waals surface area contributed by atoms with E-state index >= 15 is 0 Å². The molecular weight excluding hydrogens is 354 g/mol. The number of anilines is 1. The minimum atomic E-state index is -3.89. The third kappa shape index (κ3) is 2.93. The first kappa shape index (κ1) is 16.3. The van der Waals surface area contributed by atoms with Crippen molar-refractivity contribution in [1.29, 1.82) is 0 Å². The molecule has 3 N–H and O–H groups in total. The van der Waals surface area contributed by atoms with Gasteiger partial charge in [0.2, 0.25) is 0 Å². The molecule has 3 aromatic rings. The molecule has 0 fully saturated rings. The van der Waals surface area contributed by atoms with Gasteiger partial charge in [0.05, 0.1) is 21.6 Å². The van der Waals surface area contributed by atoms with Crippen LogP contribution in [0.2, 0.25) is 5.02 Å². The van der Waals surface area contributed by atoms with E-state index in [1.165, 1.54) is 18.2 Å². The van der Waals surface area contributed by atoms with E-state index in [1.54, 1.807) is 25.1 Å². The van der Waals surface area contributed by atoms with Gasteiger partial charge in [0.25, 0.3) is 10.0 Å². The van der Waals surface area contributed by atoms with Gasteiger partial charge in [0.15, 0.2) is 0 Å². The van der Waals surface area contributed by atoms with Gasteiger partial charge in [-0.2, -0.15) is 0 Å². The summed E-state index contributed by atoms with van der Waals surface area (Å²) in [6.07, 6.45) is 0. The first-order valence-corrected chi connectivity index (χ1v) is 8.68. The van der Waals surface area contributed by atoms with Gasteiger partial charge in [0.1, 0.15) is 0 Å². The molecule has 24 heavy (non-hydrogen) atoms. The van der Waals surface area contributed by atoms with Crippen LogP contribution in [0.15, 0.2) is 50.9 Å². The predicted octanol–water partition coefficient (Wildman–Crippen LogP) is 1.98. The van der Waals surface area contributed by atoms with Crippen LogP contribution in [-0.2, 0) is 10.0 Å². The maximum Gasteiger partial charge on any atom is 0.314 e. The van der Waals surface area contributed by atoms with Gasteiger partial charge in [-0.05, 0) is 42.8 Å². The average Bonchev–Trinajstić information content (AvgIpc) is 2.52. The highest BCUT2D eigenvalue weighted by atomic mass is 35.5. The SMILES string of the molecule is Cc1c(Cl)cccc1NS(=O)(=O)c1ccc2[nH]c(=O)c(=O)[nH]c2c1. The lowest BCUT2D eigenvalue weighted by molar-refractivity contribution is 0.601. The van der Waals surface area contributed by atoms with Gasteiger partial charge in [-0.3, -0.25) is 14.3 Å². The first-order chi connectivity index (χ1) is 11.3. The normalized spacial score (nSPS) is 11.6. The van der Waals surface area contributed by atoms with Crippen LogP contribution in [0.4, 0.5) is 5.69 Å². The van der Waals surface area contributed by atoms with Crippen LogP contribution in [0.1, 0.15) is 5.56 Å². The van der Waals surface area contributed by atoms with Gasteiger partial charge >= 0.3 is 11.1 Å². The van der Waals surface area contributed by atoms with Gasteiger partial charge in [-0.25, -0.2) is 8.42 Å². The van der Waals surface area contributed by atoms with Crippen LogP contribution < -0.4 is 15.8 Å². The van der Waals surface area contributed by atoms with E-state index in [0.29, 0.717) is 21.8 Å². The highest BCUT2D eigenvalue weighted by Crippen LogP contribution is 2.26.